The maximum absolute atomic E-state index is 13.0. The molecule has 20 nitrogen and oxygen atoms in total. The van der Waals surface area contributed by atoms with E-state index in [-0.39, 0.29) is 28.3 Å². The summed E-state index contributed by atoms with van der Waals surface area (Å²) >= 11 is 0. The Morgan fingerprint density at radius 2 is 0.968 bits per heavy atom. The Hall–Kier alpha value is -3.53. The third kappa shape index (κ3) is 28.2. The predicted octanol–water partition coefficient (Wildman–Crippen LogP) is 5.39. The van der Waals surface area contributed by atoms with Crippen LogP contribution in [0.4, 0.5) is 0 Å². The van der Waals surface area contributed by atoms with E-state index in [9.17, 15) is 63.1 Å². The van der Waals surface area contributed by atoms with Crippen LogP contribution in [0, 0.1) is 71.0 Å². The number of hydrogen-bond acceptors (Lipinski definition) is 15. The minimum Gasteiger partial charge on any atom is -0.456 e. The number of phosphoric acid groups is 3. The number of rotatable bonds is 26. The first-order chi connectivity index (χ1) is 28.8. The Balaban J connectivity index is -0.000000310. The zero-order valence-electron chi connectivity index (χ0n) is 34.5. The molecule has 62 heavy (non-hydrogen) atoms. The van der Waals surface area contributed by atoms with Gasteiger partial charge in [-0.1, -0.05) is 89.9 Å². The van der Waals surface area contributed by atoms with Gasteiger partial charge in [-0.25, -0.2) is 18.5 Å². The molecule has 0 aliphatic heterocycles. The van der Waals surface area contributed by atoms with Crippen molar-refractivity contribution in [2.75, 3.05) is 13.2 Å². The van der Waals surface area contributed by atoms with E-state index in [0.717, 1.165) is 25.7 Å². The van der Waals surface area contributed by atoms with Crippen molar-refractivity contribution in [1.29, 1.82) is 0 Å². The molecule has 1 saturated carbocycles. The zero-order chi connectivity index (χ0) is 45.7. The molecule has 0 amide bonds. The number of esters is 2. The fourth-order valence-electron chi connectivity index (χ4n) is 5.47. The van der Waals surface area contributed by atoms with E-state index >= 15 is 0 Å². The lowest BCUT2D eigenvalue weighted by Gasteiger charge is -2.44. The van der Waals surface area contributed by atoms with E-state index in [1.807, 2.05) is 5.92 Å². The Morgan fingerprint density at radius 1 is 0.581 bits per heavy atom. The van der Waals surface area contributed by atoms with Gasteiger partial charge in [0.05, 0.1) is 6.61 Å². The Morgan fingerprint density at radius 3 is 1.39 bits per heavy atom. The number of carbonyl (C=O) groups excluding carboxylic acids is 2. The molecular weight excluding hydrogens is 879 g/mol. The molecule has 0 radical (unpaired) electrons. The van der Waals surface area contributed by atoms with Crippen LogP contribution in [0.3, 0.4) is 0 Å². The van der Waals surface area contributed by atoms with Crippen LogP contribution in [-0.2, 0) is 50.9 Å². The number of phosphoric ester groups is 3. The van der Waals surface area contributed by atoms with Crippen molar-refractivity contribution in [3.63, 3.8) is 0 Å². The third-order valence-corrected chi connectivity index (χ3v) is 10.3. The normalized spacial score (nSPS) is 20.5. The van der Waals surface area contributed by atoms with E-state index in [1.165, 1.54) is 44.9 Å². The topological polar surface area (TPSA) is 338 Å². The number of hydrogen-bond donors (Lipinski definition) is 9. The number of carbonyl (C=O) groups is 2. The third-order valence-electron chi connectivity index (χ3n) is 8.25. The van der Waals surface area contributed by atoms with Gasteiger partial charge in [-0.15, -0.1) is 0 Å². The summed E-state index contributed by atoms with van der Waals surface area (Å²) in [5, 5.41) is 31.6. The van der Waals surface area contributed by atoms with Crippen LogP contribution in [-0.4, -0.2) is 108 Å². The molecular formula is C39H78NO19P3. The lowest BCUT2D eigenvalue weighted by Crippen LogP contribution is -2.65. The van der Waals surface area contributed by atoms with Gasteiger partial charge in [0, 0.05) is 28.0 Å². The standard InChI is InChI=1S/C39H53O19P3.H3N.11H2/c1-3-5-7-9-11-13-15-16-18-20-22-24-26-28-33(41)55-31(29-53-32(40)27-25-23-21-19-17-14-12-10-8-6-4-2)30-54-61(51,52)58-39-35(43)37(56-59(45,46)47)34(42)38(36(39)44)57-60(48,49)50;;;;;;;;;;;;/h31,34-39,42-44H,3,5,7,9,11,13,15-16,18,20,22,24,26,28-30H2,1-2H3,(H,51,52)(H2,45,46,47)(H2,48,49,50);1H3;11*1H/t31-,34?,35-,36?,37-,38+,39?;;;;;;;;;;;;/m1............/s1. The molecule has 0 saturated heterocycles. The lowest BCUT2D eigenvalue weighted by molar-refractivity contribution is -0.213. The summed E-state index contributed by atoms with van der Waals surface area (Å²) in [6.45, 7) is 1.96. The number of ether oxygens (including phenoxy) is 2. The number of aliphatic hydroxyl groups is 3. The Labute approximate surface area is 378 Å². The van der Waals surface area contributed by atoms with Gasteiger partial charge in [0.1, 0.15) is 43.2 Å². The largest absolute Gasteiger partial charge is 0.472 e. The van der Waals surface area contributed by atoms with Crippen molar-refractivity contribution in [3.8, 4) is 71.0 Å². The molecule has 368 valence electrons. The molecule has 1 aliphatic rings. The van der Waals surface area contributed by atoms with Crippen LogP contribution in [0.15, 0.2) is 0 Å². The molecule has 1 fully saturated rings. The molecule has 0 heterocycles. The summed E-state index contributed by atoms with van der Waals surface area (Å²) in [6, 6.07) is 0. The van der Waals surface area contributed by atoms with Gasteiger partial charge >= 0.3 is 35.4 Å². The second-order valence-corrected chi connectivity index (χ2v) is 17.0. The summed E-state index contributed by atoms with van der Waals surface area (Å²) in [6.07, 6.45) is -3.04. The summed E-state index contributed by atoms with van der Waals surface area (Å²) in [7, 11) is -16.7. The minimum absolute atomic E-state index is 0. The molecule has 1 rings (SSSR count). The van der Waals surface area contributed by atoms with Gasteiger partial charge in [-0.2, -0.15) is 0 Å². The van der Waals surface area contributed by atoms with Crippen molar-refractivity contribution in [1.82, 2.24) is 6.15 Å². The van der Waals surface area contributed by atoms with E-state index < -0.39 is 91.3 Å². The first-order valence-electron chi connectivity index (χ1n) is 19.3. The quantitative estimate of drug-likeness (QED) is 0.0173. The highest BCUT2D eigenvalue weighted by Crippen LogP contribution is 2.51. The highest BCUT2D eigenvalue weighted by Gasteiger charge is 2.56. The van der Waals surface area contributed by atoms with Crippen LogP contribution in [0.5, 0.6) is 0 Å². The highest BCUT2D eigenvalue weighted by molar-refractivity contribution is 7.47. The van der Waals surface area contributed by atoms with Crippen molar-refractivity contribution >= 4 is 35.4 Å². The fourth-order valence-corrected chi connectivity index (χ4v) is 7.57. The Kier molecular flexibility index (Phi) is 30.3. The predicted molar refractivity (Wildman–Crippen MR) is 244 cm³/mol. The first-order valence-corrected chi connectivity index (χ1v) is 23.8. The Bertz CT molecular complexity index is 1940. The SMILES string of the molecule is CC#CC#CC#CC#CC#CC#CC(=O)OC[C@H](COP(=O)(O)OC1C(O)[C@@H](OP(=O)(O)O)C(O)[C@@H](OP(=O)(O)O)[C@H]1O)OC(=O)CCCCCCCCCCCCCCC.N.[HH].[HH].[HH].[HH].[HH].[HH].[HH].[HH].[HH].[HH].[HH]. The van der Waals surface area contributed by atoms with Gasteiger partial charge in [-0.3, -0.25) is 22.9 Å². The van der Waals surface area contributed by atoms with Gasteiger partial charge in [0.15, 0.2) is 6.10 Å². The average Bonchev–Trinajstić information content (AvgIpc) is 3.18. The van der Waals surface area contributed by atoms with E-state index in [2.05, 4.69) is 81.1 Å². The molecule has 11 N–H and O–H groups in total. The van der Waals surface area contributed by atoms with Crippen molar-refractivity contribution in [2.24, 2.45) is 0 Å². The lowest BCUT2D eigenvalue weighted by atomic mass is 9.85. The molecule has 8 atom stereocenters. The zero-order valence-corrected chi connectivity index (χ0v) is 37.2. The molecule has 1 aliphatic carbocycles. The number of aliphatic hydroxyl groups excluding tert-OH is 3. The molecule has 0 aromatic carbocycles. The molecule has 4 unspecified atom stereocenters. The van der Waals surface area contributed by atoms with E-state index in [0.29, 0.717) is 12.8 Å². The van der Waals surface area contributed by atoms with Gasteiger partial charge < -0.3 is 55.4 Å². The van der Waals surface area contributed by atoms with E-state index in [4.69, 9.17) is 18.5 Å². The number of unbranched alkanes of at least 4 members (excludes halogenated alkanes) is 12. The van der Waals surface area contributed by atoms with Crippen LogP contribution in [0.2, 0.25) is 0 Å². The summed E-state index contributed by atoms with van der Waals surface area (Å²) < 4.78 is 64.5. The van der Waals surface area contributed by atoms with Gasteiger partial charge in [-0.05, 0) is 72.5 Å². The van der Waals surface area contributed by atoms with Gasteiger partial charge in [0.25, 0.3) is 0 Å². The molecule has 0 aromatic heterocycles. The van der Waals surface area contributed by atoms with E-state index in [1.54, 1.807) is 6.92 Å². The smallest absolute Gasteiger partial charge is 0.456 e. The summed E-state index contributed by atoms with van der Waals surface area (Å²) in [4.78, 5) is 72.4. The molecule has 0 bridgehead atoms. The van der Waals surface area contributed by atoms with Crippen LogP contribution < -0.4 is 6.15 Å². The van der Waals surface area contributed by atoms with Crippen LogP contribution in [0.25, 0.3) is 0 Å². The summed E-state index contributed by atoms with van der Waals surface area (Å²) in [5.74, 6) is 26.3. The minimum atomic E-state index is -5.58. The molecule has 0 aromatic rings. The maximum atomic E-state index is 13.0. The monoisotopic (exact) mass is 957 g/mol. The van der Waals surface area contributed by atoms with Crippen LogP contribution >= 0.6 is 23.5 Å². The first kappa shape index (κ1) is 58.5. The molecule has 0 spiro atoms. The average molecular weight is 958 g/mol. The van der Waals surface area contributed by atoms with Crippen molar-refractivity contribution < 1.29 is 106 Å². The fraction of sp³-hybridized carbons (Fsp3) is 0.641. The van der Waals surface area contributed by atoms with Crippen LogP contribution in [0.1, 0.15) is 119 Å². The second-order valence-electron chi connectivity index (χ2n) is 13.3. The second kappa shape index (κ2) is 32.2. The van der Waals surface area contributed by atoms with Crippen molar-refractivity contribution in [3.05, 3.63) is 0 Å². The maximum Gasteiger partial charge on any atom is 0.472 e. The van der Waals surface area contributed by atoms with Gasteiger partial charge in [0.2, 0.25) is 0 Å². The highest BCUT2D eigenvalue weighted by atomic mass is 31.2. The molecule has 23 heteroatoms. The summed E-state index contributed by atoms with van der Waals surface area (Å²) in [5.41, 5.74) is 0. The van der Waals surface area contributed by atoms with Crippen molar-refractivity contribution in [2.45, 2.75) is 146 Å².